The van der Waals surface area contributed by atoms with Gasteiger partial charge in [-0.15, -0.1) is 11.8 Å². The van der Waals surface area contributed by atoms with E-state index in [-0.39, 0.29) is 5.91 Å². The first kappa shape index (κ1) is 22.0. The molecule has 0 aromatic heterocycles. The first-order chi connectivity index (χ1) is 14.0. The molecule has 1 aliphatic heterocycles. The number of aliphatic hydroxyl groups excluding tert-OH is 1. The average molecular weight is 435 g/mol. The minimum atomic E-state index is -1.16. The standard InChI is InChI=1S/C22H27ClN2O3S/c1-4-24(5-2)12-13-25-18-11-8-16(23)14-19(18)29-21(20(26)22(25)27)15-6-9-17(28-3)10-7-15/h6-11,14,20-21,26H,4-5,12-13H2,1-3H3/t20-,21+/m1/s1. The van der Waals surface area contributed by atoms with Gasteiger partial charge in [-0.05, 0) is 49.0 Å². The Labute approximate surface area is 181 Å². The predicted octanol–water partition coefficient (Wildman–Crippen LogP) is 4.23. The van der Waals surface area contributed by atoms with Gasteiger partial charge in [0.2, 0.25) is 0 Å². The largest absolute Gasteiger partial charge is 0.497 e. The highest BCUT2D eigenvalue weighted by molar-refractivity contribution is 7.99. The summed E-state index contributed by atoms with van der Waals surface area (Å²) in [7, 11) is 1.61. The third kappa shape index (κ3) is 4.89. The Balaban J connectivity index is 1.96. The number of halogens is 1. The SMILES string of the molecule is CCN(CC)CCN1C(=O)[C@H](O)[C@H](c2ccc(OC)cc2)Sc2cc(Cl)ccc21. The number of rotatable bonds is 7. The van der Waals surface area contributed by atoms with Crippen molar-refractivity contribution in [2.45, 2.75) is 30.1 Å². The molecule has 0 aliphatic carbocycles. The number of ether oxygens (including phenoxy) is 1. The number of carbonyl (C=O) groups is 1. The van der Waals surface area contributed by atoms with Crippen LogP contribution in [0, 0.1) is 0 Å². The highest BCUT2D eigenvalue weighted by Gasteiger charge is 2.37. The number of hydrogen-bond donors (Lipinski definition) is 1. The van der Waals surface area contributed by atoms with Gasteiger partial charge in [-0.1, -0.05) is 37.6 Å². The number of likely N-dealkylation sites (N-methyl/N-ethyl adjacent to an activating group) is 1. The Kier molecular flexibility index (Phi) is 7.46. The lowest BCUT2D eigenvalue weighted by Crippen LogP contribution is -2.44. The molecule has 0 fully saturated rings. The Morgan fingerprint density at radius 1 is 1.17 bits per heavy atom. The minimum absolute atomic E-state index is 0.286. The summed E-state index contributed by atoms with van der Waals surface area (Å²) in [5, 5.41) is 11.2. The molecule has 0 unspecified atom stereocenters. The molecule has 0 radical (unpaired) electrons. The van der Waals surface area contributed by atoms with Gasteiger partial charge in [0.05, 0.1) is 18.0 Å². The second kappa shape index (κ2) is 9.85. The van der Waals surface area contributed by atoms with Crippen molar-refractivity contribution in [3.05, 3.63) is 53.1 Å². The van der Waals surface area contributed by atoms with Crippen molar-refractivity contribution >= 4 is 35.0 Å². The second-order valence-corrected chi connectivity index (χ2v) is 8.51. The van der Waals surface area contributed by atoms with Gasteiger partial charge >= 0.3 is 0 Å². The molecule has 2 aromatic rings. The van der Waals surface area contributed by atoms with Crippen LogP contribution in [-0.2, 0) is 4.79 Å². The monoisotopic (exact) mass is 434 g/mol. The summed E-state index contributed by atoms with van der Waals surface area (Å²) >= 11 is 7.72. The van der Waals surface area contributed by atoms with E-state index in [2.05, 4.69) is 18.7 Å². The zero-order valence-electron chi connectivity index (χ0n) is 17.0. The number of carbonyl (C=O) groups excluding carboxylic acids is 1. The van der Waals surface area contributed by atoms with E-state index in [1.807, 2.05) is 36.4 Å². The molecule has 2 aromatic carbocycles. The molecule has 5 nitrogen and oxygen atoms in total. The summed E-state index contributed by atoms with van der Waals surface area (Å²) in [5.41, 5.74) is 1.67. The zero-order valence-corrected chi connectivity index (χ0v) is 18.5. The van der Waals surface area contributed by atoms with Gasteiger partial charge in [0.25, 0.3) is 5.91 Å². The molecule has 1 amide bonds. The predicted molar refractivity (Wildman–Crippen MR) is 119 cm³/mol. The van der Waals surface area contributed by atoms with Crippen LogP contribution in [0.2, 0.25) is 5.02 Å². The van der Waals surface area contributed by atoms with Gasteiger partial charge in [0.15, 0.2) is 0 Å². The van der Waals surface area contributed by atoms with Crippen molar-refractivity contribution in [1.82, 2.24) is 4.90 Å². The van der Waals surface area contributed by atoms with Crippen molar-refractivity contribution in [2.75, 3.05) is 38.2 Å². The Morgan fingerprint density at radius 3 is 2.48 bits per heavy atom. The molecule has 2 atom stereocenters. The molecule has 3 rings (SSSR count). The van der Waals surface area contributed by atoms with Crippen LogP contribution in [0.3, 0.4) is 0 Å². The number of nitrogens with zero attached hydrogens (tertiary/aromatic N) is 2. The maximum absolute atomic E-state index is 13.3. The molecular formula is C22H27ClN2O3S. The first-order valence-electron chi connectivity index (χ1n) is 9.80. The second-order valence-electron chi connectivity index (χ2n) is 6.89. The van der Waals surface area contributed by atoms with E-state index in [0.717, 1.165) is 41.5 Å². The van der Waals surface area contributed by atoms with Gasteiger partial charge in [-0.25, -0.2) is 0 Å². The topological polar surface area (TPSA) is 53.0 Å². The molecule has 0 spiro atoms. The lowest BCUT2D eigenvalue weighted by atomic mass is 10.1. The van der Waals surface area contributed by atoms with Crippen molar-refractivity contribution in [1.29, 1.82) is 0 Å². The Bertz CT molecular complexity index is 842. The van der Waals surface area contributed by atoms with Crippen LogP contribution in [0.4, 0.5) is 5.69 Å². The normalized spacial score (nSPS) is 19.2. The van der Waals surface area contributed by atoms with Gasteiger partial charge < -0.3 is 19.6 Å². The molecule has 156 valence electrons. The first-order valence-corrected chi connectivity index (χ1v) is 11.1. The van der Waals surface area contributed by atoms with E-state index in [0.29, 0.717) is 11.6 Å². The quantitative estimate of drug-likeness (QED) is 0.706. The highest BCUT2D eigenvalue weighted by Crippen LogP contribution is 2.46. The lowest BCUT2D eigenvalue weighted by molar-refractivity contribution is -0.126. The van der Waals surface area contributed by atoms with Crippen molar-refractivity contribution in [2.24, 2.45) is 0 Å². The molecule has 0 bridgehead atoms. The van der Waals surface area contributed by atoms with Crippen LogP contribution in [-0.4, -0.2) is 55.3 Å². The fraction of sp³-hybridized carbons (Fsp3) is 0.409. The van der Waals surface area contributed by atoms with Gasteiger partial charge in [0.1, 0.15) is 11.9 Å². The van der Waals surface area contributed by atoms with Crippen LogP contribution < -0.4 is 9.64 Å². The molecule has 7 heteroatoms. The number of amides is 1. The maximum atomic E-state index is 13.3. The number of hydrogen-bond acceptors (Lipinski definition) is 5. The number of fused-ring (bicyclic) bond motifs is 1. The molecular weight excluding hydrogens is 408 g/mol. The van der Waals surface area contributed by atoms with Crippen LogP contribution >= 0.6 is 23.4 Å². The zero-order chi connectivity index (χ0) is 21.0. The van der Waals surface area contributed by atoms with Gasteiger partial charge in [-0.2, -0.15) is 0 Å². The van der Waals surface area contributed by atoms with E-state index in [1.165, 1.54) is 11.8 Å². The highest BCUT2D eigenvalue weighted by atomic mass is 35.5. The van der Waals surface area contributed by atoms with Crippen molar-refractivity contribution in [3.8, 4) is 5.75 Å². The van der Waals surface area contributed by atoms with Gasteiger partial charge in [0, 0.05) is 23.0 Å². The van der Waals surface area contributed by atoms with Crippen LogP contribution in [0.25, 0.3) is 0 Å². The van der Waals surface area contributed by atoms with Crippen molar-refractivity contribution in [3.63, 3.8) is 0 Å². The number of benzene rings is 2. The molecule has 1 heterocycles. The van der Waals surface area contributed by atoms with E-state index in [1.54, 1.807) is 18.1 Å². The van der Waals surface area contributed by atoms with Crippen molar-refractivity contribution < 1.29 is 14.6 Å². The number of aliphatic hydroxyl groups is 1. The third-order valence-corrected chi connectivity index (χ3v) is 6.85. The van der Waals surface area contributed by atoms with Gasteiger partial charge in [-0.3, -0.25) is 4.79 Å². The Hall–Kier alpha value is -1.73. The summed E-state index contributed by atoms with van der Waals surface area (Å²) in [6.45, 7) is 7.29. The average Bonchev–Trinajstić information content (AvgIpc) is 2.84. The van der Waals surface area contributed by atoms with E-state index >= 15 is 0 Å². The summed E-state index contributed by atoms with van der Waals surface area (Å²) in [5.74, 6) is 0.448. The minimum Gasteiger partial charge on any atom is -0.497 e. The molecule has 29 heavy (non-hydrogen) atoms. The molecule has 0 saturated carbocycles. The van der Waals surface area contributed by atoms with Crippen LogP contribution in [0.5, 0.6) is 5.75 Å². The molecule has 1 N–H and O–H groups in total. The number of methoxy groups -OCH3 is 1. The lowest BCUT2D eigenvalue weighted by Gasteiger charge is -2.28. The van der Waals surface area contributed by atoms with E-state index in [9.17, 15) is 9.90 Å². The summed E-state index contributed by atoms with van der Waals surface area (Å²) < 4.78 is 5.23. The van der Waals surface area contributed by atoms with Crippen LogP contribution in [0.15, 0.2) is 47.4 Å². The molecule has 0 saturated heterocycles. The number of anilines is 1. The van der Waals surface area contributed by atoms with Crippen LogP contribution in [0.1, 0.15) is 24.7 Å². The number of thioether (sulfide) groups is 1. The van der Waals surface area contributed by atoms with E-state index in [4.69, 9.17) is 16.3 Å². The smallest absolute Gasteiger partial charge is 0.257 e. The fourth-order valence-corrected chi connectivity index (χ4v) is 5.01. The van der Waals surface area contributed by atoms with E-state index < -0.39 is 11.4 Å². The molecule has 1 aliphatic rings. The summed E-state index contributed by atoms with van der Waals surface area (Å²) in [6.07, 6.45) is -1.16. The Morgan fingerprint density at radius 2 is 1.86 bits per heavy atom. The summed E-state index contributed by atoms with van der Waals surface area (Å²) in [4.78, 5) is 18.1. The maximum Gasteiger partial charge on any atom is 0.257 e. The fourth-order valence-electron chi connectivity index (χ4n) is 3.47. The summed E-state index contributed by atoms with van der Waals surface area (Å²) in [6, 6.07) is 13.0. The third-order valence-electron chi connectivity index (χ3n) is 5.25.